The number of thiol groups is 1. The van der Waals surface area contributed by atoms with E-state index in [9.17, 15) is 0 Å². The van der Waals surface area contributed by atoms with Gasteiger partial charge in [-0.2, -0.15) is 0 Å². The van der Waals surface area contributed by atoms with Crippen LogP contribution in [0.2, 0.25) is 10.0 Å². The molecule has 0 aliphatic heterocycles. The van der Waals surface area contributed by atoms with Crippen molar-refractivity contribution in [2.45, 2.75) is 11.3 Å². The van der Waals surface area contributed by atoms with E-state index in [4.69, 9.17) is 23.2 Å². The van der Waals surface area contributed by atoms with Gasteiger partial charge in [-0.3, -0.25) is 0 Å². The van der Waals surface area contributed by atoms with E-state index < -0.39 is 0 Å². The van der Waals surface area contributed by atoms with E-state index in [1.165, 1.54) is 5.56 Å². The summed E-state index contributed by atoms with van der Waals surface area (Å²) in [5.74, 6) is 0. The minimum atomic E-state index is 0.574. The Kier molecular flexibility index (Phi) is 3.80. The van der Waals surface area contributed by atoms with Gasteiger partial charge < -0.3 is 0 Å². The Balaban J connectivity index is 2.38. The van der Waals surface area contributed by atoms with Crippen LogP contribution in [0.5, 0.6) is 0 Å². The Labute approximate surface area is 111 Å². The minimum Gasteiger partial charge on any atom is -0.143 e. The molecule has 0 amide bonds. The summed E-state index contributed by atoms with van der Waals surface area (Å²) in [6.45, 7) is 0. The van der Waals surface area contributed by atoms with Gasteiger partial charge in [-0.25, -0.2) is 0 Å². The van der Waals surface area contributed by atoms with Crippen molar-refractivity contribution in [2.24, 2.45) is 0 Å². The lowest BCUT2D eigenvalue weighted by atomic mass is 10.1. The highest BCUT2D eigenvalue weighted by molar-refractivity contribution is 7.80. The molecule has 3 heteroatoms. The van der Waals surface area contributed by atoms with Crippen LogP contribution < -0.4 is 0 Å². The van der Waals surface area contributed by atoms with Crippen molar-refractivity contribution >= 4 is 35.8 Å². The third-order valence-electron chi connectivity index (χ3n) is 2.40. The molecule has 0 atom stereocenters. The quantitative estimate of drug-likeness (QED) is 0.738. The third kappa shape index (κ3) is 2.54. The van der Waals surface area contributed by atoms with Crippen LogP contribution in [0.3, 0.4) is 0 Å². The van der Waals surface area contributed by atoms with Crippen LogP contribution in [-0.4, -0.2) is 0 Å². The molecule has 0 unspecified atom stereocenters. The number of halogens is 2. The first-order chi connectivity index (χ1) is 7.68. The average molecular weight is 269 g/mol. The van der Waals surface area contributed by atoms with Crippen molar-refractivity contribution in [1.29, 1.82) is 0 Å². The maximum absolute atomic E-state index is 6.17. The monoisotopic (exact) mass is 268 g/mol. The number of benzene rings is 2. The predicted molar refractivity (Wildman–Crippen MR) is 73.0 cm³/mol. The van der Waals surface area contributed by atoms with E-state index in [-0.39, 0.29) is 0 Å². The summed E-state index contributed by atoms with van der Waals surface area (Å²) in [6.07, 6.45) is 0.749. The van der Waals surface area contributed by atoms with Crippen LogP contribution in [0.15, 0.2) is 47.4 Å². The van der Waals surface area contributed by atoms with Gasteiger partial charge in [0.05, 0.1) is 10.0 Å². The van der Waals surface area contributed by atoms with E-state index >= 15 is 0 Å². The fourth-order valence-corrected chi connectivity index (χ4v) is 2.29. The molecule has 0 aliphatic rings. The Morgan fingerprint density at radius 1 is 0.938 bits per heavy atom. The molecule has 82 valence electrons. The van der Waals surface area contributed by atoms with Gasteiger partial charge in [0, 0.05) is 11.3 Å². The lowest BCUT2D eigenvalue weighted by molar-refractivity contribution is 1.13. The van der Waals surface area contributed by atoms with Crippen LogP contribution in [0.1, 0.15) is 11.1 Å². The zero-order valence-corrected chi connectivity index (χ0v) is 10.9. The molecule has 0 saturated heterocycles. The predicted octanol–water partition coefficient (Wildman–Crippen LogP) is 4.87. The summed E-state index contributed by atoms with van der Waals surface area (Å²) >= 11 is 16.6. The van der Waals surface area contributed by atoms with E-state index in [1.807, 2.05) is 24.3 Å². The van der Waals surface area contributed by atoms with Gasteiger partial charge in [0.15, 0.2) is 0 Å². The van der Waals surface area contributed by atoms with Gasteiger partial charge in [-0.15, -0.1) is 12.6 Å². The molecule has 0 heterocycles. The van der Waals surface area contributed by atoms with Crippen LogP contribution in [-0.2, 0) is 6.42 Å². The van der Waals surface area contributed by atoms with Gasteiger partial charge >= 0.3 is 0 Å². The zero-order valence-electron chi connectivity index (χ0n) is 8.45. The summed E-state index contributed by atoms with van der Waals surface area (Å²) in [6, 6.07) is 13.8. The summed E-state index contributed by atoms with van der Waals surface area (Å²) in [7, 11) is 0. The van der Waals surface area contributed by atoms with Gasteiger partial charge in [-0.1, -0.05) is 53.5 Å². The van der Waals surface area contributed by atoms with Gasteiger partial charge in [0.2, 0.25) is 0 Å². The van der Waals surface area contributed by atoms with Crippen molar-refractivity contribution in [3.8, 4) is 0 Å². The largest absolute Gasteiger partial charge is 0.143 e. The first kappa shape index (κ1) is 11.8. The Bertz CT molecular complexity index is 495. The fourth-order valence-electron chi connectivity index (χ4n) is 1.55. The number of hydrogen-bond donors (Lipinski definition) is 1. The molecule has 0 fully saturated rings. The highest BCUT2D eigenvalue weighted by Crippen LogP contribution is 2.32. The zero-order chi connectivity index (χ0) is 11.5. The highest BCUT2D eigenvalue weighted by atomic mass is 35.5. The Morgan fingerprint density at radius 2 is 1.62 bits per heavy atom. The van der Waals surface area contributed by atoms with E-state index in [1.54, 1.807) is 6.07 Å². The summed E-state index contributed by atoms with van der Waals surface area (Å²) in [5, 5.41) is 1.17. The molecule has 2 rings (SSSR count). The Morgan fingerprint density at radius 3 is 2.31 bits per heavy atom. The van der Waals surface area contributed by atoms with Crippen molar-refractivity contribution in [3.63, 3.8) is 0 Å². The second-order valence-electron chi connectivity index (χ2n) is 3.52. The van der Waals surface area contributed by atoms with E-state index in [0.29, 0.717) is 10.0 Å². The van der Waals surface area contributed by atoms with Crippen molar-refractivity contribution in [1.82, 2.24) is 0 Å². The third-order valence-corrected chi connectivity index (χ3v) is 3.66. The molecule has 16 heavy (non-hydrogen) atoms. The second-order valence-corrected chi connectivity index (χ2v) is 4.79. The normalized spacial score (nSPS) is 10.4. The van der Waals surface area contributed by atoms with E-state index in [2.05, 4.69) is 24.8 Å². The molecule has 0 spiro atoms. The number of rotatable bonds is 2. The minimum absolute atomic E-state index is 0.574. The van der Waals surface area contributed by atoms with Gasteiger partial charge in [0.25, 0.3) is 0 Å². The molecule has 0 nitrogen and oxygen atoms in total. The molecule has 0 aromatic heterocycles. The lowest BCUT2D eigenvalue weighted by Gasteiger charge is -2.09. The lowest BCUT2D eigenvalue weighted by Crippen LogP contribution is -1.91. The molecule has 0 aliphatic carbocycles. The van der Waals surface area contributed by atoms with Gasteiger partial charge in [0.1, 0.15) is 0 Å². The SMILES string of the molecule is Sc1ccc(Cl)c(Cl)c1Cc1ccccc1. The molecule has 2 aromatic carbocycles. The van der Waals surface area contributed by atoms with E-state index in [0.717, 1.165) is 16.9 Å². The first-order valence-corrected chi connectivity index (χ1v) is 6.08. The molecule has 2 aromatic rings. The van der Waals surface area contributed by atoms with Crippen LogP contribution in [0, 0.1) is 0 Å². The van der Waals surface area contributed by atoms with Crippen molar-refractivity contribution in [2.75, 3.05) is 0 Å². The van der Waals surface area contributed by atoms with Gasteiger partial charge in [-0.05, 0) is 23.3 Å². The first-order valence-electron chi connectivity index (χ1n) is 4.88. The molecule has 0 saturated carbocycles. The smallest absolute Gasteiger partial charge is 0.0638 e. The average Bonchev–Trinajstić information content (AvgIpc) is 2.31. The van der Waals surface area contributed by atoms with Crippen LogP contribution in [0.25, 0.3) is 0 Å². The maximum Gasteiger partial charge on any atom is 0.0638 e. The van der Waals surface area contributed by atoms with Crippen LogP contribution in [0.4, 0.5) is 0 Å². The van der Waals surface area contributed by atoms with Crippen molar-refractivity contribution in [3.05, 3.63) is 63.6 Å². The summed E-state index contributed by atoms with van der Waals surface area (Å²) < 4.78 is 0. The molecular formula is C13H10Cl2S. The summed E-state index contributed by atoms with van der Waals surface area (Å²) in [5.41, 5.74) is 2.17. The topological polar surface area (TPSA) is 0 Å². The standard InChI is InChI=1S/C13H10Cl2S/c14-11-6-7-12(16)10(13(11)15)8-9-4-2-1-3-5-9/h1-7,16H,8H2. The summed E-state index contributed by atoms with van der Waals surface area (Å²) in [4.78, 5) is 0.873. The maximum atomic E-state index is 6.17. The molecule has 0 N–H and O–H groups in total. The van der Waals surface area contributed by atoms with Crippen LogP contribution >= 0.6 is 35.8 Å². The molecule has 0 radical (unpaired) electrons. The molecule has 0 bridgehead atoms. The fraction of sp³-hybridized carbons (Fsp3) is 0.0769. The molecular weight excluding hydrogens is 259 g/mol. The second kappa shape index (κ2) is 5.13. The Hall–Kier alpha value is -0.630. The number of hydrogen-bond acceptors (Lipinski definition) is 1. The highest BCUT2D eigenvalue weighted by Gasteiger charge is 2.09. The van der Waals surface area contributed by atoms with Crippen molar-refractivity contribution < 1.29 is 0 Å².